The molecular formula is C11H13BrClNO4S. The normalized spacial score (nSPS) is 11.8. The summed E-state index contributed by atoms with van der Waals surface area (Å²) in [6, 6.07) is 4.36. The maximum absolute atomic E-state index is 12.4. The van der Waals surface area contributed by atoms with Gasteiger partial charge in [0.05, 0.1) is 4.90 Å². The van der Waals surface area contributed by atoms with Crippen molar-refractivity contribution in [2.45, 2.75) is 18.2 Å². The molecule has 1 aromatic rings. The van der Waals surface area contributed by atoms with Crippen LogP contribution in [0, 0.1) is 0 Å². The van der Waals surface area contributed by atoms with Gasteiger partial charge in [-0.1, -0.05) is 18.5 Å². The Labute approximate surface area is 125 Å². The number of carboxylic acid groups (broad SMARTS) is 1. The number of halogens is 2. The maximum atomic E-state index is 12.4. The molecule has 0 aromatic heterocycles. The van der Waals surface area contributed by atoms with Crippen molar-refractivity contribution in [3.05, 3.63) is 27.7 Å². The first kappa shape index (κ1) is 16.4. The Morgan fingerprint density at radius 1 is 1.47 bits per heavy atom. The van der Waals surface area contributed by atoms with E-state index in [0.717, 1.165) is 4.31 Å². The van der Waals surface area contributed by atoms with Gasteiger partial charge in [-0.05, 0) is 40.5 Å². The molecule has 0 radical (unpaired) electrons. The molecule has 0 spiro atoms. The van der Waals surface area contributed by atoms with Crippen LogP contribution in [0.2, 0.25) is 5.02 Å². The summed E-state index contributed by atoms with van der Waals surface area (Å²) < 4.78 is 26.1. The topological polar surface area (TPSA) is 74.7 Å². The van der Waals surface area contributed by atoms with Crippen LogP contribution >= 0.6 is 27.5 Å². The average molecular weight is 371 g/mol. The first-order valence-electron chi connectivity index (χ1n) is 5.46. The van der Waals surface area contributed by atoms with Gasteiger partial charge in [-0.2, -0.15) is 4.31 Å². The molecular weight excluding hydrogens is 358 g/mol. The van der Waals surface area contributed by atoms with Crippen LogP contribution in [0.15, 0.2) is 27.6 Å². The Morgan fingerprint density at radius 3 is 2.63 bits per heavy atom. The molecule has 1 N–H and O–H groups in total. The molecule has 1 rings (SSSR count). The van der Waals surface area contributed by atoms with Gasteiger partial charge in [0, 0.05) is 16.0 Å². The molecule has 5 nitrogen and oxygen atoms in total. The standard InChI is InChI=1S/C11H13BrClNO4S/c1-2-5-14(7-11(15)16)19(17,18)10-6-8(13)3-4-9(10)12/h3-4,6H,2,5,7H2,1H3,(H,15,16). The first-order chi connectivity index (χ1) is 8.78. The second kappa shape index (κ2) is 6.69. The van der Waals surface area contributed by atoms with Crippen LogP contribution in [0.25, 0.3) is 0 Å². The van der Waals surface area contributed by atoms with E-state index in [-0.39, 0.29) is 16.5 Å². The van der Waals surface area contributed by atoms with Crippen LogP contribution in [0.3, 0.4) is 0 Å². The first-order valence-corrected chi connectivity index (χ1v) is 8.07. The van der Waals surface area contributed by atoms with Crippen molar-refractivity contribution in [3.8, 4) is 0 Å². The molecule has 0 aliphatic carbocycles. The maximum Gasteiger partial charge on any atom is 0.318 e. The van der Waals surface area contributed by atoms with Crippen molar-refractivity contribution in [1.29, 1.82) is 0 Å². The lowest BCUT2D eigenvalue weighted by molar-refractivity contribution is -0.137. The number of rotatable bonds is 6. The summed E-state index contributed by atoms with van der Waals surface area (Å²) in [4.78, 5) is 10.7. The molecule has 0 saturated heterocycles. The van der Waals surface area contributed by atoms with E-state index in [0.29, 0.717) is 10.9 Å². The second-order valence-electron chi connectivity index (χ2n) is 3.81. The SMILES string of the molecule is CCCN(CC(=O)O)S(=O)(=O)c1cc(Cl)ccc1Br. The third-order valence-corrected chi connectivity index (χ3v) is 5.37. The zero-order valence-corrected chi connectivity index (χ0v) is 13.3. The van der Waals surface area contributed by atoms with Crippen molar-refractivity contribution in [2.24, 2.45) is 0 Å². The summed E-state index contributed by atoms with van der Waals surface area (Å²) in [5.74, 6) is -1.20. The summed E-state index contributed by atoms with van der Waals surface area (Å²) >= 11 is 8.93. The molecule has 0 heterocycles. The van der Waals surface area contributed by atoms with Gasteiger partial charge in [0.1, 0.15) is 6.54 Å². The fraction of sp³-hybridized carbons (Fsp3) is 0.364. The zero-order chi connectivity index (χ0) is 14.6. The predicted octanol–water partition coefficient (Wildman–Crippen LogP) is 2.59. The van der Waals surface area contributed by atoms with Crippen molar-refractivity contribution >= 4 is 43.5 Å². The van der Waals surface area contributed by atoms with E-state index in [1.54, 1.807) is 13.0 Å². The molecule has 8 heteroatoms. The van der Waals surface area contributed by atoms with Crippen LogP contribution < -0.4 is 0 Å². The van der Waals surface area contributed by atoms with Gasteiger partial charge in [0.25, 0.3) is 0 Å². The highest BCUT2D eigenvalue weighted by Crippen LogP contribution is 2.28. The molecule has 0 bridgehead atoms. The highest BCUT2D eigenvalue weighted by molar-refractivity contribution is 9.10. The van der Waals surface area contributed by atoms with Gasteiger partial charge in [-0.3, -0.25) is 4.79 Å². The summed E-state index contributed by atoms with van der Waals surface area (Å²) in [6.07, 6.45) is 0.519. The van der Waals surface area contributed by atoms with E-state index in [1.165, 1.54) is 12.1 Å². The molecule has 19 heavy (non-hydrogen) atoms. The molecule has 1 aromatic carbocycles. The summed E-state index contributed by atoms with van der Waals surface area (Å²) in [7, 11) is -3.89. The number of sulfonamides is 1. The van der Waals surface area contributed by atoms with E-state index < -0.39 is 22.5 Å². The van der Waals surface area contributed by atoms with Crippen molar-refractivity contribution in [2.75, 3.05) is 13.1 Å². The summed E-state index contributed by atoms with van der Waals surface area (Å²) in [5, 5.41) is 9.07. The molecule has 0 aliphatic heterocycles. The van der Waals surface area contributed by atoms with Crippen molar-refractivity contribution < 1.29 is 18.3 Å². The highest BCUT2D eigenvalue weighted by Gasteiger charge is 2.27. The Kier molecular flexibility index (Phi) is 5.79. The number of carbonyl (C=O) groups is 1. The fourth-order valence-electron chi connectivity index (χ4n) is 1.50. The smallest absolute Gasteiger partial charge is 0.318 e. The lowest BCUT2D eigenvalue weighted by Crippen LogP contribution is -2.36. The number of hydrogen-bond acceptors (Lipinski definition) is 3. The van der Waals surface area contributed by atoms with E-state index in [9.17, 15) is 13.2 Å². The third-order valence-electron chi connectivity index (χ3n) is 2.30. The van der Waals surface area contributed by atoms with Gasteiger partial charge in [-0.15, -0.1) is 0 Å². The van der Waals surface area contributed by atoms with Gasteiger partial charge in [0.2, 0.25) is 10.0 Å². The van der Waals surface area contributed by atoms with Crippen molar-refractivity contribution in [3.63, 3.8) is 0 Å². The second-order valence-corrected chi connectivity index (χ2v) is 7.00. The molecule has 0 amide bonds. The largest absolute Gasteiger partial charge is 0.480 e. The van der Waals surface area contributed by atoms with E-state index in [1.807, 2.05) is 0 Å². The molecule has 0 unspecified atom stereocenters. The van der Waals surface area contributed by atoms with Crippen LogP contribution in [-0.4, -0.2) is 36.9 Å². The lowest BCUT2D eigenvalue weighted by Gasteiger charge is -2.20. The van der Waals surface area contributed by atoms with Gasteiger partial charge in [-0.25, -0.2) is 8.42 Å². The molecule has 0 atom stereocenters. The molecule has 106 valence electrons. The fourth-order valence-corrected chi connectivity index (χ4v) is 4.17. The zero-order valence-electron chi connectivity index (χ0n) is 10.1. The Bertz CT molecular complexity index is 576. The number of nitrogens with zero attached hydrogens (tertiary/aromatic N) is 1. The quantitative estimate of drug-likeness (QED) is 0.835. The van der Waals surface area contributed by atoms with Gasteiger partial charge >= 0.3 is 5.97 Å². The summed E-state index contributed by atoms with van der Waals surface area (Å²) in [5.41, 5.74) is 0. The van der Waals surface area contributed by atoms with Gasteiger partial charge in [0.15, 0.2) is 0 Å². The number of benzene rings is 1. The Balaban J connectivity index is 3.25. The predicted molar refractivity (Wildman–Crippen MR) is 75.8 cm³/mol. The molecule has 0 saturated carbocycles. The highest BCUT2D eigenvalue weighted by atomic mass is 79.9. The van der Waals surface area contributed by atoms with Crippen LogP contribution in [0.5, 0.6) is 0 Å². The third kappa shape index (κ3) is 4.17. The average Bonchev–Trinajstić information content (AvgIpc) is 2.31. The number of carboxylic acids is 1. The van der Waals surface area contributed by atoms with Crippen molar-refractivity contribution in [1.82, 2.24) is 4.31 Å². The van der Waals surface area contributed by atoms with Crippen LogP contribution in [0.4, 0.5) is 0 Å². The Morgan fingerprint density at radius 2 is 2.11 bits per heavy atom. The van der Waals surface area contributed by atoms with E-state index in [2.05, 4.69) is 15.9 Å². The van der Waals surface area contributed by atoms with Crippen LogP contribution in [0.1, 0.15) is 13.3 Å². The van der Waals surface area contributed by atoms with E-state index >= 15 is 0 Å². The lowest BCUT2D eigenvalue weighted by atomic mass is 10.4. The monoisotopic (exact) mass is 369 g/mol. The number of aliphatic carboxylic acids is 1. The Hall–Kier alpha value is -0.630. The van der Waals surface area contributed by atoms with Crippen LogP contribution in [-0.2, 0) is 14.8 Å². The minimum atomic E-state index is -3.89. The number of hydrogen-bond donors (Lipinski definition) is 1. The summed E-state index contributed by atoms with van der Waals surface area (Å²) in [6.45, 7) is 1.33. The van der Waals surface area contributed by atoms with E-state index in [4.69, 9.17) is 16.7 Å². The minimum Gasteiger partial charge on any atom is -0.480 e. The minimum absolute atomic E-state index is 0.0327. The molecule has 0 fully saturated rings. The van der Waals surface area contributed by atoms with Gasteiger partial charge < -0.3 is 5.11 Å². The molecule has 0 aliphatic rings.